The first-order valence-electron chi connectivity index (χ1n) is 3.36. The number of hydrogen-bond acceptors (Lipinski definition) is 1. The van der Waals surface area contributed by atoms with Gasteiger partial charge in [-0.25, -0.2) is 4.98 Å². The van der Waals surface area contributed by atoms with Gasteiger partial charge in [0.25, 0.3) is 0 Å². The Morgan fingerprint density at radius 2 is 2.40 bits per heavy atom. The first kappa shape index (κ1) is 7.61. The molecule has 0 N–H and O–H groups in total. The number of imidazole rings is 1. The van der Waals surface area contributed by atoms with Crippen molar-refractivity contribution in [2.24, 2.45) is 0 Å². The molecule has 56 valence electrons. The first-order chi connectivity index (χ1) is 4.77. The lowest BCUT2D eigenvalue weighted by Gasteiger charge is -1.97. The minimum atomic E-state index is 0.502. The number of hydrogen-bond donors (Lipinski definition) is 0. The van der Waals surface area contributed by atoms with Gasteiger partial charge < -0.3 is 4.57 Å². The maximum Gasteiger partial charge on any atom is 0.123 e. The Balaban J connectivity index is 2.96. The molecule has 0 saturated carbocycles. The van der Waals surface area contributed by atoms with Crippen molar-refractivity contribution in [3.63, 3.8) is 0 Å². The standard InChI is InChI=1S/C7H11ClN2/c1-3-10-5-6(2)9-7(10)4-8/h5H,3-4H2,1-2H3. The van der Waals surface area contributed by atoms with Gasteiger partial charge in [0, 0.05) is 12.7 Å². The maximum atomic E-state index is 5.64. The van der Waals surface area contributed by atoms with E-state index in [0.29, 0.717) is 5.88 Å². The highest BCUT2D eigenvalue weighted by Crippen LogP contribution is 2.04. The van der Waals surface area contributed by atoms with E-state index >= 15 is 0 Å². The van der Waals surface area contributed by atoms with Crippen LogP contribution in [0.25, 0.3) is 0 Å². The summed E-state index contributed by atoms with van der Waals surface area (Å²) < 4.78 is 2.06. The zero-order valence-electron chi connectivity index (χ0n) is 6.26. The van der Waals surface area contributed by atoms with Gasteiger partial charge in [0.1, 0.15) is 5.82 Å². The van der Waals surface area contributed by atoms with Gasteiger partial charge in [-0.05, 0) is 13.8 Å². The summed E-state index contributed by atoms with van der Waals surface area (Å²) in [7, 11) is 0. The van der Waals surface area contributed by atoms with E-state index in [9.17, 15) is 0 Å². The molecule has 3 heteroatoms. The highest BCUT2D eigenvalue weighted by Gasteiger charge is 2.00. The van der Waals surface area contributed by atoms with Crippen LogP contribution in [0.1, 0.15) is 18.4 Å². The third kappa shape index (κ3) is 1.32. The fourth-order valence-corrected chi connectivity index (χ4v) is 1.19. The van der Waals surface area contributed by atoms with Crippen LogP contribution in [0.2, 0.25) is 0 Å². The smallest absolute Gasteiger partial charge is 0.123 e. The monoisotopic (exact) mass is 158 g/mol. The normalized spacial score (nSPS) is 10.3. The molecule has 1 aromatic heterocycles. The summed E-state index contributed by atoms with van der Waals surface area (Å²) >= 11 is 5.64. The Morgan fingerprint density at radius 3 is 2.80 bits per heavy atom. The van der Waals surface area contributed by atoms with Crippen LogP contribution >= 0.6 is 11.6 Å². The average molecular weight is 159 g/mol. The molecule has 0 bridgehead atoms. The van der Waals surface area contributed by atoms with Gasteiger partial charge in [-0.15, -0.1) is 11.6 Å². The fourth-order valence-electron chi connectivity index (χ4n) is 0.977. The third-order valence-corrected chi connectivity index (χ3v) is 1.68. The minimum Gasteiger partial charge on any atom is -0.334 e. The van der Waals surface area contributed by atoms with Crippen molar-refractivity contribution in [1.82, 2.24) is 9.55 Å². The zero-order chi connectivity index (χ0) is 7.56. The van der Waals surface area contributed by atoms with Crippen LogP contribution in [0.4, 0.5) is 0 Å². The molecule has 10 heavy (non-hydrogen) atoms. The Kier molecular flexibility index (Phi) is 2.33. The summed E-state index contributed by atoms with van der Waals surface area (Å²) in [4.78, 5) is 4.23. The molecule has 0 aliphatic rings. The lowest BCUT2D eigenvalue weighted by molar-refractivity contribution is 0.724. The Hall–Kier alpha value is -0.500. The van der Waals surface area contributed by atoms with E-state index in [1.165, 1.54) is 0 Å². The summed E-state index contributed by atoms with van der Waals surface area (Å²) in [6.45, 7) is 5.00. The quantitative estimate of drug-likeness (QED) is 0.602. The van der Waals surface area contributed by atoms with Crippen LogP contribution in [0.3, 0.4) is 0 Å². The summed E-state index contributed by atoms with van der Waals surface area (Å²) in [5.41, 5.74) is 1.04. The number of alkyl halides is 1. The average Bonchev–Trinajstić information content (AvgIpc) is 2.30. The van der Waals surface area contributed by atoms with Crippen molar-refractivity contribution in [3.05, 3.63) is 17.7 Å². The molecule has 0 radical (unpaired) electrons. The highest BCUT2D eigenvalue weighted by molar-refractivity contribution is 6.16. The van der Waals surface area contributed by atoms with E-state index in [2.05, 4.69) is 16.5 Å². The Morgan fingerprint density at radius 1 is 1.70 bits per heavy atom. The summed E-state index contributed by atoms with van der Waals surface area (Å²) in [5.74, 6) is 1.46. The fraction of sp³-hybridized carbons (Fsp3) is 0.571. The van der Waals surface area contributed by atoms with E-state index < -0.39 is 0 Å². The molecular formula is C7H11ClN2. The molecule has 0 fully saturated rings. The molecule has 0 aliphatic heterocycles. The van der Waals surface area contributed by atoms with Crippen molar-refractivity contribution in [3.8, 4) is 0 Å². The number of aryl methyl sites for hydroxylation is 2. The van der Waals surface area contributed by atoms with Crippen LogP contribution in [0, 0.1) is 6.92 Å². The molecule has 1 heterocycles. The molecule has 0 spiro atoms. The molecule has 0 amide bonds. The van der Waals surface area contributed by atoms with Gasteiger partial charge in [0.15, 0.2) is 0 Å². The number of rotatable bonds is 2. The van der Waals surface area contributed by atoms with Crippen LogP contribution in [-0.2, 0) is 12.4 Å². The van der Waals surface area contributed by atoms with E-state index in [4.69, 9.17) is 11.6 Å². The van der Waals surface area contributed by atoms with Crippen LogP contribution < -0.4 is 0 Å². The lowest BCUT2D eigenvalue weighted by atomic mass is 10.6. The molecule has 1 rings (SSSR count). The Labute approximate surface area is 65.8 Å². The van der Waals surface area contributed by atoms with Gasteiger partial charge in [0.05, 0.1) is 11.6 Å². The number of halogens is 1. The molecule has 0 atom stereocenters. The summed E-state index contributed by atoms with van der Waals surface area (Å²) in [6, 6.07) is 0. The molecule has 2 nitrogen and oxygen atoms in total. The zero-order valence-corrected chi connectivity index (χ0v) is 7.02. The first-order valence-corrected chi connectivity index (χ1v) is 3.90. The largest absolute Gasteiger partial charge is 0.334 e. The van der Waals surface area contributed by atoms with Crippen LogP contribution in [-0.4, -0.2) is 9.55 Å². The maximum absolute atomic E-state index is 5.64. The second-order valence-corrected chi connectivity index (χ2v) is 2.49. The van der Waals surface area contributed by atoms with Crippen molar-refractivity contribution < 1.29 is 0 Å². The number of nitrogens with zero attached hydrogens (tertiary/aromatic N) is 2. The van der Waals surface area contributed by atoms with Crippen molar-refractivity contribution in [2.45, 2.75) is 26.3 Å². The number of aromatic nitrogens is 2. The molecule has 1 aromatic rings. The van der Waals surface area contributed by atoms with Gasteiger partial charge in [-0.1, -0.05) is 0 Å². The van der Waals surface area contributed by atoms with Gasteiger partial charge in [-0.2, -0.15) is 0 Å². The highest BCUT2D eigenvalue weighted by atomic mass is 35.5. The van der Waals surface area contributed by atoms with Gasteiger partial charge in [0.2, 0.25) is 0 Å². The second kappa shape index (κ2) is 3.06. The second-order valence-electron chi connectivity index (χ2n) is 2.22. The van der Waals surface area contributed by atoms with Crippen LogP contribution in [0.5, 0.6) is 0 Å². The lowest BCUT2D eigenvalue weighted by Crippen LogP contribution is -1.97. The van der Waals surface area contributed by atoms with Crippen molar-refractivity contribution in [2.75, 3.05) is 0 Å². The Bertz CT molecular complexity index is 196. The van der Waals surface area contributed by atoms with Crippen LogP contribution in [0.15, 0.2) is 6.20 Å². The van der Waals surface area contributed by atoms with E-state index in [1.54, 1.807) is 0 Å². The van der Waals surface area contributed by atoms with Gasteiger partial charge >= 0.3 is 0 Å². The van der Waals surface area contributed by atoms with Crippen molar-refractivity contribution >= 4 is 11.6 Å². The predicted octanol–water partition coefficient (Wildman–Crippen LogP) is 1.95. The predicted molar refractivity (Wildman–Crippen MR) is 42.2 cm³/mol. The van der Waals surface area contributed by atoms with E-state index in [0.717, 1.165) is 18.1 Å². The van der Waals surface area contributed by atoms with E-state index in [1.807, 2.05) is 13.1 Å². The molecule has 0 saturated heterocycles. The minimum absolute atomic E-state index is 0.502. The summed E-state index contributed by atoms with van der Waals surface area (Å²) in [6.07, 6.45) is 2.01. The third-order valence-electron chi connectivity index (χ3n) is 1.44. The molecule has 0 aliphatic carbocycles. The van der Waals surface area contributed by atoms with Crippen molar-refractivity contribution in [1.29, 1.82) is 0 Å². The topological polar surface area (TPSA) is 17.8 Å². The van der Waals surface area contributed by atoms with Gasteiger partial charge in [-0.3, -0.25) is 0 Å². The summed E-state index contributed by atoms with van der Waals surface area (Å²) in [5, 5.41) is 0. The molecular weight excluding hydrogens is 148 g/mol. The molecule has 0 unspecified atom stereocenters. The SMILES string of the molecule is CCn1cc(C)nc1CCl. The van der Waals surface area contributed by atoms with E-state index in [-0.39, 0.29) is 0 Å². The molecule has 0 aromatic carbocycles.